The second-order valence-electron chi connectivity index (χ2n) is 25.6. The van der Waals surface area contributed by atoms with Gasteiger partial charge >= 0.3 is 0 Å². The number of quaternary nitrogens is 1. The molecule has 3 atom stereocenters. The van der Waals surface area contributed by atoms with Gasteiger partial charge < -0.3 is 28.8 Å². The Bertz CT molecular complexity index is 1580. The second kappa shape index (κ2) is 64.4. The molecule has 9 heteroatoms. The minimum absolute atomic E-state index is 0.0111. The largest absolute Gasteiger partial charge is 0.756 e. The molecule has 0 aliphatic rings. The minimum Gasteiger partial charge on any atom is -0.756 e. The summed E-state index contributed by atoms with van der Waals surface area (Å²) in [4.78, 5) is 25.7. The van der Waals surface area contributed by atoms with Crippen LogP contribution in [0, 0.1) is 0 Å². The van der Waals surface area contributed by atoms with Gasteiger partial charge in [0, 0.05) is 6.42 Å². The van der Waals surface area contributed by atoms with Crippen LogP contribution in [0.1, 0.15) is 341 Å². The molecule has 0 aromatic rings. The Labute approximate surface area is 516 Å². The van der Waals surface area contributed by atoms with E-state index in [-0.39, 0.29) is 19.1 Å². The molecule has 0 bridgehead atoms. The zero-order chi connectivity index (χ0) is 60.5. The lowest BCUT2D eigenvalue weighted by Gasteiger charge is -2.30. The van der Waals surface area contributed by atoms with Crippen molar-refractivity contribution in [2.24, 2.45) is 0 Å². The highest BCUT2D eigenvalue weighted by Gasteiger charge is 2.24. The van der Waals surface area contributed by atoms with E-state index in [1.807, 2.05) is 21.1 Å². The van der Waals surface area contributed by atoms with Crippen LogP contribution in [-0.2, 0) is 18.4 Å². The Morgan fingerprint density at radius 1 is 0.434 bits per heavy atom. The van der Waals surface area contributed by atoms with Crippen molar-refractivity contribution >= 4 is 13.7 Å². The monoisotopic (exact) mass is 1180 g/mol. The predicted octanol–water partition coefficient (Wildman–Crippen LogP) is 22.3. The van der Waals surface area contributed by atoms with Gasteiger partial charge in [-0.25, -0.2) is 0 Å². The van der Waals surface area contributed by atoms with Crippen LogP contribution in [0.5, 0.6) is 0 Å². The molecule has 0 radical (unpaired) electrons. The number of likely N-dealkylation sites (N-methyl/N-ethyl adjacent to an activating group) is 1. The van der Waals surface area contributed by atoms with Crippen molar-refractivity contribution < 1.29 is 32.9 Å². The standard InChI is InChI=1S/C74H139N2O6P/c1-6-8-10-12-14-16-18-20-22-24-26-28-30-32-34-36-37-38-39-40-42-44-46-48-50-52-54-56-58-60-62-64-66-68-74(78)75-72(71-82-83(79,80)81-70-69-76(3,4)5)73(77)67-65-63-61-59-57-55-53-51-49-47-45-43-41-35-33-31-29-27-25-23-21-19-17-15-13-11-9-7-2/h8,10,14,16,20,22,26,28,32,34,37-38,72-73,77H,6-7,9,11-13,15,17-19,21,23-25,27,29-31,33,35-36,39-71H2,1-5H3,(H-,75,78,79,80)/b10-8-,16-14-,22-20-,28-26-,34-32-,38-37-. The van der Waals surface area contributed by atoms with Gasteiger partial charge in [0.05, 0.1) is 39.9 Å². The van der Waals surface area contributed by atoms with Crippen molar-refractivity contribution in [3.8, 4) is 0 Å². The molecule has 0 aliphatic heterocycles. The van der Waals surface area contributed by atoms with Gasteiger partial charge in [-0.1, -0.05) is 344 Å². The highest BCUT2D eigenvalue weighted by Crippen LogP contribution is 2.38. The van der Waals surface area contributed by atoms with Crippen molar-refractivity contribution in [2.45, 2.75) is 353 Å². The number of hydrogen-bond donors (Lipinski definition) is 2. The van der Waals surface area contributed by atoms with Crippen molar-refractivity contribution in [3.63, 3.8) is 0 Å². The Balaban J connectivity index is 4.03. The molecule has 0 rings (SSSR count). The lowest BCUT2D eigenvalue weighted by atomic mass is 10.0. The highest BCUT2D eigenvalue weighted by molar-refractivity contribution is 7.45. The maximum atomic E-state index is 13.1. The molecule has 2 N–H and O–H groups in total. The van der Waals surface area contributed by atoms with Gasteiger partial charge in [0.1, 0.15) is 13.2 Å². The molecule has 0 saturated heterocycles. The van der Waals surface area contributed by atoms with Gasteiger partial charge in [-0.05, 0) is 64.2 Å². The average Bonchev–Trinajstić information content (AvgIpc) is 3.49. The second-order valence-corrected chi connectivity index (χ2v) is 27.0. The summed E-state index contributed by atoms with van der Waals surface area (Å²) in [7, 11) is 1.31. The number of aliphatic hydroxyl groups is 1. The first-order valence-corrected chi connectivity index (χ1v) is 37.2. The Morgan fingerprint density at radius 2 is 0.735 bits per heavy atom. The van der Waals surface area contributed by atoms with Crippen LogP contribution in [0.25, 0.3) is 0 Å². The molecule has 0 heterocycles. The summed E-state index contributed by atoms with van der Waals surface area (Å²) < 4.78 is 23.6. The topological polar surface area (TPSA) is 108 Å². The van der Waals surface area contributed by atoms with Crippen LogP contribution in [0.4, 0.5) is 0 Å². The minimum atomic E-state index is -4.58. The summed E-state index contributed by atoms with van der Waals surface area (Å²) in [6.45, 7) is 4.65. The zero-order valence-electron chi connectivity index (χ0n) is 55.6. The van der Waals surface area contributed by atoms with E-state index in [0.717, 1.165) is 77.0 Å². The van der Waals surface area contributed by atoms with E-state index >= 15 is 0 Å². The molecule has 0 spiro atoms. The van der Waals surface area contributed by atoms with Crippen LogP contribution in [-0.4, -0.2) is 68.5 Å². The van der Waals surface area contributed by atoms with Crippen molar-refractivity contribution in [1.29, 1.82) is 0 Å². The summed E-state index contributed by atoms with van der Waals surface area (Å²) in [5.41, 5.74) is 0. The molecule has 8 nitrogen and oxygen atoms in total. The van der Waals surface area contributed by atoms with Gasteiger partial charge in [0.15, 0.2) is 0 Å². The number of phosphoric ester groups is 1. The smallest absolute Gasteiger partial charge is 0.268 e. The summed E-state index contributed by atoms with van der Waals surface area (Å²) in [6.07, 6.45) is 89.8. The van der Waals surface area contributed by atoms with E-state index in [0.29, 0.717) is 23.9 Å². The number of aliphatic hydroxyl groups excluding tert-OH is 1. The lowest BCUT2D eigenvalue weighted by Crippen LogP contribution is -2.46. The molecule has 3 unspecified atom stereocenters. The fourth-order valence-corrected chi connectivity index (χ4v) is 11.4. The summed E-state index contributed by atoms with van der Waals surface area (Å²) >= 11 is 0. The van der Waals surface area contributed by atoms with Crippen LogP contribution in [0.2, 0.25) is 0 Å². The average molecular weight is 1180 g/mol. The van der Waals surface area contributed by atoms with E-state index < -0.39 is 20.0 Å². The van der Waals surface area contributed by atoms with Gasteiger partial charge in [-0.15, -0.1) is 0 Å². The molecule has 0 aliphatic carbocycles. The molecular weight excluding hydrogens is 1040 g/mol. The number of amides is 1. The number of nitrogens with zero attached hydrogens (tertiary/aromatic N) is 1. The molecular formula is C74H139N2O6P. The SMILES string of the molecule is CC/C=C\C/C=C\C/C=C\C/C=C\C/C=C\C/C=C\CCCCCCCCCCCCCCCCC(=O)NC(COP(=O)([O-])OCC[N+](C)(C)C)C(O)CCCCCCCCCCCCCCCCCCCCCCCCCCCCCC. The quantitative estimate of drug-likeness (QED) is 0.0272. The van der Waals surface area contributed by atoms with Crippen molar-refractivity contribution in [2.75, 3.05) is 40.9 Å². The summed E-state index contributed by atoms with van der Waals surface area (Å²) in [6, 6.07) is -0.806. The molecule has 486 valence electrons. The van der Waals surface area contributed by atoms with Crippen LogP contribution < -0.4 is 10.2 Å². The molecule has 0 saturated carbocycles. The first-order chi connectivity index (χ1) is 40.5. The molecule has 1 amide bonds. The Morgan fingerprint density at radius 3 is 1.07 bits per heavy atom. The highest BCUT2D eigenvalue weighted by atomic mass is 31.2. The Hall–Kier alpha value is -2.06. The van der Waals surface area contributed by atoms with E-state index in [2.05, 4.69) is 92.1 Å². The molecule has 0 fully saturated rings. The molecule has 83 heavy (non-hydrogen) atoms. The lowest BCUT2D eigenvalue weighted by molar-refractivity contribution is -0.870. The van der Waals surface area contributed by atoms with E-state index in [4.69, 9.17) is 9.05 Å². The van der Waals surface area contributed by atoms with E-state index in [1.54, 1.807) is 0 Å². The number of hydrogen-bond acceptors (Lipinski definition) is 6. The van der Waals surface area contributed by atoms with E-state index in [9.17, 15) is 19.4 Å². The molecule has 0 aromatic heterocycles. The van der Waals surface area contributed by atoms with Gasteiger partial charge in [0.25, 0.3) is 7.82 Å². The first-order valence-electron chi connectivity index (χ1n) is 35.8. The molecule has 0 aromatic carbocycles. The van der Waals surface area contributed by atoms with Crippen molar-refractivity contribution in [1.82, 2.24) is 5.32 Å². The third kappa shape index (κ3) is 67.3. The number of phosphoric acid groups is 1. The summed E-state index contributed by atoms with van der Waals surface area (Å²) in [5.74, 6) is -0.162. The predicted molar refractivity (Wildman–Crippen MR) is 362 cm³/mol. The van der Waals surface area contributed by atoms with Crippen LogP contribution in [0.15, 0.2) is 72.9 Å². The number of rotatable bonds is 66. The third-order valence-corrected chi connectivity index (χ3v) is 17.2. The third-order valence-electron chi connectivity index (χ3n) is 16.2. The first kappa shape index (κ1) is 80.9. The van der Waals surface area contributed by atoms with Gasteiger partial charge in [-0.3, -0.25) is 9.36 Å². The van der Waals surface area contributed by atoms with Crippen molar-refractivity contribution in [3.05, 3.63) is 72.9 Å². The van der Waals surface area contributed by atoms with Crippen LogP contribution >= 0.6 is 7.82 Å². The Kier molecular flexibility index (Phi) is 62.8. The summed E-state index contributed by atoms with van der Waals surface area (Å²) in [5, 5.41) is 14.1. The fraction of sp³-hybridized carbons (Fsp3) is 0.824. The maximum Gasteiger partial charge on any atom is 0.268 e. The van der Waals surface area contributed by atoms with E-state index in [1.165, 1.54) is 238 Å². The number of carbonyl (C=O) groups excluding carboxylic acids is 1. The number of carbonyl (C=O) groups is 1. The van der Waals surface area contributed by atoms with Gasteiger partial charge in [-0.2, -0.15) is 0 Å². The number of unbranched alkanes of at least 4 members (excludes halogenated alkanes) is 41. The van der Waals surface area contributed by atoms with Crippen LogP contribution in [0.3, 0.4) is 0 Å². The maximum absolute atomic E-state index is 13.1. The van der Waals surface area contributed by atoms with Gasteiger partial charge in [0.2, 0.25) is 5.91 Å². The normalized spacial score (nSPS) is 14.1. The number of nitrogens with one attached hydrogen (secondary N) is 1. The fourth-order valence-electron chi connectivity index (χ4n) is 10.7. The zero-order valence-corrected chi connectivity index (χ0v) is 56.5. The number of allylic oxidation sites excluding steroid dienone is 12.